The van der Waals surface area contributed by atoms with Gasteiger partial charge in [-0.15, -0.1) is 0 Å². The summed E-state index contributed by atoms with van der Waals surface area (Å²) in [5.74, 6) is -1.56. The molecule has 0 saturated carbocycles. The third-order valence-corrected chi connectivity index (χ3v) is 6.06. The van der Waals surface area contributed by atoms with Gasteiger partial charge in [0.05, 0.1) is 6.04 Å². The van der Waals surface area contributed by atoms with Crippen molar-refractivity contribution in [1.29, 1.82) is 0 Å². The van der Waals surface area contributed by atoms with Crippen molar-refractivity contribution < 1.29 is 19.5 Å². The average molecular weight is 345 g/mol. The Balaban J connectivity index is 1.73. The van der Waals surface area contributed by atoms with Crippen LogP contribution in [0.1, 0.15) is 13.3 Å². The van der Waals surface area contributed by atoms with Gasteiger partial charge in [-0.3, -0.25) is 19.5 Å². The van der Waals surface area contributed by atoms with Crippen molar-refractivity contribution in [3.05, 3.63) is 35.1 Å². The van der Waals surface area contributed by atoms with Gasteiger partial charge in [-0.1, -0.05) is 11.8 Å². The number of piperidine rings is 1. The van der Waals surface area contributed by atoms with Crippen LogP contribution >= 0.6 is 11.8 Å². The van der Waals surface area contributed by atoms with E-state index in [2.05, 4.69) is 4.98 Å². The zero-order chi connectivity index (χ0) is 17.0. The molecule has 1 aromatic heterocycles. The molecule has 2 amide bonds. The van der Waals surface area contributed by atoms with Crippen molar-refractivity contribution in [2.45, 2.75) is 30.3 Å². The molecule has 0 aromatic carbocycles. The van der Waals surface area contributed by atoms with Crippen LogP contribution in [0.15, 0.2) is 40.0 Å². The summed E-state index contributed by atoms with van der Waals surface area (Å²) in [6.45, 7) is 1.93. The Morgan fingerprint density at radius 2 is 2.04 bits per heavy atom. The standard InChI is InChI=1S/C16H15N3O4S/c1-8(20)18-7-4-10-11-12(18)15(21)19(11)13(16(22)23)14(10)24-9-2-5-17-6-3-9/h2-3,5-6,10-12H,4,7H2,1H3,(H,22,23)/t10?,11-,12+/m1/s1. The van der Waals surface area contributed by atoms with E-state index in [0.29, 0.717) is 17.9 Å². The molecule has 7 nitrogen and oxygen atoms in total. The van der Waals surface area contributed by atoms with Gasteiger partial charge in [0.2, 0.25) is 5.91 Å². The lowest BCUT2D eigenvalue weighted by Gasteiger charge is -2.53. The van der Waals surface area contributed by atoms with Gasteiger partial charge in [0.25, 0.3) is 5.91 Å². The lowest BCUT2D eigenvalue weighted by Crippen LogP contribution is -2.73. The predicted octanol–water partition coefficient (Wildman–Crippen LogP) is 0.931. The van der Waals surface area contributed by atoms with Crippen LogP contribution in [0.5, 0.6) is 0 Å². The van der Waals surface area contributed by atoms with E-state index in [0.717, 1.165) is 4.90 Å². The minimum Gasteiger partial charge on any atom is -0.477 e. The Hall–Kier alpha value is -2.35. The van der Waals surface area contributed by atoms with E-state index in [-0.39, 0.29) is 29.5 Å². The molecule has 8 heteroatoms. The lowest BCUT2D eigenvalue weighted by atomic mass is 9.80. The molecule has 3 atom stereocenters. The Morgan fingerprint density at radius 1 is 1.33 bits per heavy atom. The molecule has 3 aliphatic rings. The van der Waals surface area contributed by atoms with E-state index in [4.69, 9.17) is 0 Å². The van der Waals surface area contributed by atoms with Gasteiger partial charge in [-0.05, 0) is 18.6 Å². The highest BCUT2D eigenvalue weighted by molar-refractivity contribution is 8.03. The molecule has 0 spiro atoms. The number of nitrogens with zero attached hydrogens (tertiary/aromatic N) is 3. The minimum atomic E-state index is -1.10. The van der Waals surface area contributed by atoms with Crippen molar-refractivity contribution in [1.82, 2.24) is 14.8 Å². The molecule has 3 aliphatic heterocycles. The number of β-lactam (4-membered cyclic amide) rings is 1. The number of carbonyl (C=O) groups excluding carboxylic acids is 2. The Kier molecular flexibility index (Phi) is 3.38. The van der Waals surface area contributed by atoms with Crippen LogP contribution in [-0.2, 0) is 14.4 Å². The summed E-state index contributed by atoms with van der Waals surface area (Å²) in [5.41, 5.74) is 0.0680. The summed E-state index contributed by atoms with van der Waals surface area (Å²) in [7, 11) is 0. The fourth-order valence-electron chi connectivity index (χ4n) is 3.86. The molecular formula is C16H15N3O4S. The molecule has 0 aliphatic carbocycles. The molecule has 24 heavy (non-hydrogen) atoms. The molecule has 0 radical (unpaired) electrons. The molecule has 2 fully saturated rings. The van der Waals surface area contributed by atoms with Gasteiger partial charge in [-0.2, -0.15) is 0 Å². The molecular weight excluding hydrogens is 330 g/mol. The first-order valence-corrected chi connectivity index (χ1v) is 8.48. The first-order chi connectivity index (χ1) is 11.5. The number of hydrogen-bond acceptors (Lipinski definition) is 5. The summed E-state index contributed by atoms with van der Waals surface area (Å²) in [5, 5.41) is 9.64. The number of likely N-dealkylation sites (tertiary alicyclic amines) is 1. The number of carboxylic acids is 1. The fraction of sp³-hybridized carbons (Fsp3) is 0.375. The topological polar surface area (TPSA) is 90.8 Å². The zero-order valence-corrected chi connectivity index (χ0v) is 13.7. The maximum absolute atomic E-state index is 12.5. The van der Waals surface area contributed by atoms with Gasteiger partial charge < -0.3 is 10.0 Å². The second-order valence-corrected chi connectivity index (χ2v) is 7.17. The van der Waals surface area contributed by atoms with Crippen molar-refractivity contribution in [2.24, 2.45) is 5.92 Å². The highest BCUT2D eigenvalue weighted by Crippen LogP contribution is 2.53. The molecule has 0 bridgehead atoms. The van der Waals surface area contributed by atoms with E-state index in [9.17, 15) is 19.5 Å². The average Bonchev–Trinajstić information content (AvgIpc) is 2.87. The zero-order valence-electron chi connectivity index (χ0n) is 12.9. The lowest BCUT2D eigenvalue weighted by molar-refractivity contribution is -0.168. The third kappa shape index (κ3) is 1.99. The first kappa shape index (κ1) is 15.2. The summed E-state index contributed by atoms with van der Waals surface area (Å²) < 4.78 is 0. The predicted molar refractivity (Wildman–Crippen MR) is 84.7 cm³/mol. The number of pyridine rings is 1. The second-order valence-electron chi connectivity index (χ2n) is 6.05. The number of aliphatic carboxylic acids is 1. The number of hydrogen-bond donors (Lipinski definition) is 1. The highest BCUT2D eigenvalue weighted by Gasteiger charge is 2.64. The largest absolute Gasteiger partial charge is 0.477 e. The van der Waals surface area contributed by atoms with Crippen LogP contribution in [-0.4, -0.2) is 56.3 Å². The molecule has 4 heterocycles. The number of aromatic nitrogens is 1. The van der Waals surface area contributed by atoms with Crippen LogP contribution in [0, 0.1) is 5.92 Å². The Morgan fingerprint density at radius 3 is 2.67 bits per heavy atom. The molecule has 1 aromatic rings. The van der Waals surface area contributed by atoms with E-state index < -0.39 is 12.0 Å². The van der Waals surface area contributed by atoms with Gasteiger partial charge in [0.1, 0.15) is 11.7 Å². The van der Waals surface area contributed by atoms with E-state index >= 15 is 0 Å². The number of thioether (sulfide) groups is 1. The normalized spacial score (nSPS) is 27.9. The molecule has 4 rings (SSSR count). The van der Waals surface area contributed by atoms with E-state index in [1.165, 1.54) is 23.6 Å². The quantitative estimate of drug-likeness (QED) is 0.820. The van der Waals surface area contributed by atoms with E-state index in [1.54, 1.807) is 17.3 Å². The van der Waals surface area contributed by atoms with Gasteiger partial charge in [-0.25, -0.2) is 4.79 Å². The summed E-state index contributed by atoms with van der Waals surface area (Å²) in [6.07, 6.45) is 3.97. The maximum Gasteiger partial charge on any atom is 0.353 e. The highest BCUT2D eigenvalue weighted by atomic mass is 32.2. The van der Waals surface area contributed by atoms with Crippen molar-refractivity contribution in [3.63, 3.8) is 0 Å². The SMILES string of the molecule is CC(=O)N1CCC2C(Sc3ccncc3)=C(C(=O)O)N3C(=O)[C@@H]1[C@@H]23. The molecule has 2 saturated heterocycles. The molecule has 124 valence electrons. The van der Waals surface area contributed by atoms with Crippen LogP contribution in [0.25, 0.3) is 0 Å². The fourth-order valence-corrected chi connectivity index (χ4v) is 5.06. The van der Waals surface area contributed by atoms with Gasteiger partial charge in [0.15, 0.2) is 0 Å². The Bertz CT molecular complexity index is 779. The second kappa shape index (κ2) is 5.34. The third-order valence-electron chi connectivity index (χ3n) is 4.84. The smallest absolute Gasteiger partial charge is 0.353 e. The number of carbonyl (C=O) groups is 3. The minimum absolute atomic E-state index is 0.0347. The van der Waals surface area contributed by atoms with Gasteiger partial charge >= 0.3 is 5.97 Å². The first-order valence-electron chi connectivity index (χ1n) is 7.66. The number of amides is 2. The summed E-state index contributed by atoms with van der Waals surface area (Å²) >= 11 is 1.38. The van der Waals surface area contributed by atoms with Crippen molar-refractivity contribution in [2.75, 3.05) is 6.54 Å². The number of rotatable bonds is 3. The summed E-state index contributed by atoms with van der Waals surface area (Å²) in [6, 6.07) is 2.87. The molecule has 1 unspecified atom stereocenters. The Labute approximate surface area is 142 Å². The maximum atomic E-state index is 12.5. The van der Waals surface area contributed by atoms with Crippen LogP contribution in [0.2, 0.25) is 0 Å². The van der Waals surface area contributed by atoms with Crippen LogP contribution in [0.3, 0.4) is 0 Å². The monoisotopic (exact) mass is 345 g/mol. The van der Waals surface area contributed by atoms with Crippen molar-refractivity contribution in [3.8, 4) is 0 Å². The van der Waals surface area contributed by atoms with Crippen LogP contribution < -0.4 is 0 Å². The van der Waals surface area contributed by atoms with E-state index in [1.807, 2.05) is 12.1 Å². The van der Waals surface area contributed by atoms with Crippen LogP contribution in [0.4, 0.5) is 0 Å². The molecule has 1 N–H and O–H groups in total. The van der Waals surface area contributed by atoms with Crippen molar-refractivity contribution >= 4 is 29.5 Å². The number of carboxylic acid groups (broad SMARTS) is 1. The summed E-state index contributed by atoms with van der Waals surface area (Å²) in [4.78, 5) is 44.5. The van der Waals surface area contributed by atoms with Gasteiger partial charge in [0, 0.05) is 41.6 Å².